The number of hydrogen-bond donors (Lipinski definition) is 0. The van der Waals surface area contributed by atoms with Crippen molar-refractivity contribution in [3.05, 3.63) is 53.7 Å². The molecular formula is C19H25N. The zero-order chi connectivity index (χ0) is 15.0. The molecule has 0 aliphatic carbocycles. The number of hydrogen-bond acceptors (Lipinski definition) is 1. The second-order valence-corrected chi connectivity index (χ2v) is 7.49. The maximum atomic E-state index is 4.89. The highest BCUT2D eigenvalue weighted by Crippen LogP contribution is 2.31. The molecule has 1 heteroatoms. The van der Waals surface area contributed by atoms with Crippen molar-refractivity contribution in [2.45, 2.75) is 52.4 Å². The first-order chi connectivity index (χ1) is 9.18. The molecule has 106 valence electrons. The van der Waals surface area contributed by atoms with Gasteiger partial charge in [-0.2, -0.15) is 0 Å². The summed E-state index contributed by atoms with van der Waals surface area (Å²) in [6.07, 6.45) is 0. The van der Waals surface area contributed by atoms with E-state index < -0.39 is 0 Å². The molecule has 0 atom stereocenters. The molecule has 0 unspecified atom stereocenters. The molecule has 0 saturated heterocycles. The topological polar surface area (TPSA) is 12.9 Å². The highest BCUT2D eigenvalue weighted by Gasteiger charge is 2.22. The lowest BCUT2D eigenvalue weighted by atomic mass is 9.83. The van der Waals surface area contributed by atoms with Gasteiger partial charge in [-0.1, -0.05) is 71.9 Å². The minimum atomic E-state index is 0.0603. The van der Waals surface area contributed by atoms with Gasteiger partial charge < -0.3 is 0 Å². The molecule has 2 rings (SSSR count). The Morgan fingerprint density at radius 2 is 1.35 bits per heavy atom. The zero-order valence-corrected chi connectivity index (χ0v) is 13.5. The largest absolute Gasteiger partial charge is 0.252 e. The second-order valence-electron chi connectivity index (χ2n) is 7.49. The van der Waals surface area contributed by atoms with Crippen molar-refractivity contribution >= 4 is 0 Å². The fourth-order valence-electron chi connectivity index (χ4n) is 2.10. The van der Waals surface area contributed by atoms with Gasteiger partial charge in [-0.3, -0.25) is 4.98 Å². The summed E-state index contributed by atoms with van der Waals surface area (Å²) >= 11 is 0. The molecule has 0 amide bonds. The molecule has 1 aromatic carbocycles. The van der Waals surface area contributed by atoms with Gasteiger partial charge in [-0.05, 0) is 23.1 Å². The van der Waals surface area contributed by atoms with Crippen LogP contribution in [0, 0.1) is 0 Å². The van der Waals surface area contributed by atoms with Gasteiger partial charge in [0.25, 0.3) is 0 Å². The van der Waals surface area contributed by atoms with Gasteiger partial charge in [0.05, 0.1) is 5.69 Å². The molecule has 2 aromatic rings. The van der Waals surface area contributed by atoms with Crippen LogP contribution < -0.4 is 0 Å². The second kappa shape index (κ2) is 5.05. The molecule has 1 nitrogen and oxygen atoms in total. The first-order valence-electron chi connectivity index (χ1n) is 7.26. The molecule has 20 heavy (non-hydrogen) atoms. The van der Waals surface area contributed by atoms with E-state index in [0.29, 0.717) is 0 Å². The van der Waals surface area contributed by atoms with Crippen LogP contribution in [-0.4, -0.2) is 4.98 Å². The predicted molar refractivity (Wildman–Crippen MR) is 87.1 cm³/mol. The molecule has 0 aliphatic heterocycles. The zero-order valence-electron chi connectivity index (χ0n) is 13.5. The monoisotopic (exact) mass is 267 g/mol. The Morgan fingerprint density at radius 3 is 1.85 bits per heavy atom. The number of aromatic nitrogens is 1. The van der Waals surface area contributed by atoms with Crippen molar-refractivity contribution in [2.24, 2.45) is 0 Å². The Kier molecular flexibility index (Phi) is 3.73. The number of nitrogens with zero attached hydrogens (tertiary/aromatic N) is 1. The summed E-state index contributed by atoms with van der Waals surface area (Å²) in [5, 5.41) is 0. The molecule has 0 aliphatic rings. The number of pyridine rings is 1. The molecule has 0 bridgehead atoms. The third-order valence-corrected chi connectivity index (χ3v) is 3.53. The van der Waals surface area contributed by atoms with Crippen molar-refractivity contribution in [1.82, 2.24) is 4.98 Å². The van der Waals surface area contributed by atoms with Gasteiger partial charge in [0.15, 0.2) is 0 Å². The molecule has 0 N–H and O–H groups in total. The molecule has 1 aromatic heterocycles. The van der Waals surface area contributed by atoms with Crippen molar-refractivity contribution in [1.29, 1.82) is 0 Å². The normalized spacial score (nSPS) is 12.5. The van der Waals surface area contributed by atoms with Gasteiger partial charge in [-0.15, -0.1) is 0 Å². The number of rotatable bonds is 1. The Bertz CT molecular complexity index is 551. The molecular weight excluding hydrogens is 242 g/mol. The van der Waals surface area contributed by atoms with Gasteiger partial charge in [0.2, 0.25) is 0 Å². The Labute approximate surface area is 123 Å². The molecule has 1 heterocycles. The minimum absolute atomic E-state index is 0.0603. The minimum Gasteiger partial charge on any atom is -0.252 e. The molecule has 0 spiro atoms. The standard InChI is InChI=1S/C19H25N/c1-18(2,3)15-12-16(14-10-8-7-9-11-14)20-17(13-15)19(4,5)6/h7-13H,1-6H3. The van der Waals surface area contributed by atoms with Crippen LogP contribution in [0.15, 0.2) is 42.5 Å². The van der Waals surface area contributed by atoms with E-state index in [1.807, 2.05) is 6.07 Å². The van der Waals surface area contributed by atoms with Gasteiger partial charge in [-0.25, -0.2) is 0 Å². The van der Waals surface area contributed by atoms with Gasteiger partial charge in [0.1, 0.15) is 0 Å². The van der Waals surface area contributed by atoms with Crippen LogP contribution in [0.5, 0.6) is 0 Å². The van der Waals surface area contributed by atoms with Crippen molar-refractivity contribution in [3.8, 4) is 11.3 Å². The van der Waals surface area contributed by atoms with Crippen LogP contribution in [0.4, 0.5) is 0 Å². The van der Waals surface area contributed by atoms with E-state index in [2.05, 4.69) is 77.9 Å². The van der Waals surface area contributed by atoms with E-state index in [4.69, 9.17) is 4.98 Å². The van der Waals surface area contributed by atoms with E-state index >= 15 is 0 Å². The summed E-state index contributed by atoms with van der Waals surface area (Å²) in [5.41, 5.74) is 4.95. The van der Waals surface area contributed by atoms with Crippen LogP contribution >= 0.6 is 0 Å². The Hall–Kier alpha value is -1.63. The van der Waals surface area contributed by atoms with Gasteiger partial charge in [0, 0.05) is 16.7 Å². The fourth-order valence-corrected chi connectivity index (χ4v) is 2.10. The maximum absolute atomic E-state index is 4.89. The maximum Gasteiger partial charge on any atom is 0.0708 e. The highest BCUT2D eigenvalue weighted by atomic mass is 14.7. The summed E-state index contributed by atoms with van der Waals surface area (Å²) in [6, 6.07) is 14.9. The lowest BCUT2D eigenvalue weighted by Gasteiger charge is -2.25. The summed E-state index contributed by atoms with van der Waals surface area (Å²) in [4.78, 5) is 4.89. The Balaban J connectivity index is 2.64. The summed E-state index contributed by atoms with van der Waals surface area (Å²) < 4.78 is 0. The quantitative estimate of drug-likeness (QED) is 0.679. The molecule has 0 radical (unpaired) electrons. The summed E-state index contributed by atoms with van der Waals surface area (Å²) in [7, 11) is 0. The predicted octanol–water partition coefficient (Wildman–Crippen LogP) is 5.34. The first kappa shape index (κ1) is 14.8. The van der Waals surface area contributed by atoms with Crippen molar-refractivity contribution in [2.75, 3.05) is 0 Å². The van der Waals surface area contributed by atoms with Crippen LogP contribution in [-0.2, 0) is 10.8 Å². The van der Waals surface area contributed by atoms with E-state index in [1.165, 1.54) is 11.1 Å². The average Bonchev–Trinajstić information content (AvgIpc) is 2.37. The fraction of sp³-hybridized carbons (Fsp3) is 0.421. The van der Waals surface area contributed by atoms with Crippen LogP contribution in [0.2, 0.25) is 0 Å². The third kappa shape index (κ3) is 3.27. The van der Waals surface area contributed by atoms with Crippen molar-refractivity contribution in [3.63, 3.8) is 0 Å². The van der Waals surface area contributed by atoms with Crippen LogP contribution in [0.25, 0.3) is 11.3 Å². The van der Waals surface area contributed by atoms with Crippen molar-refractivity contribution < 1.29 is 0 Å². The first-order valence-corrected chi connectivity index (χ1v) is 7.26. The lowest BCUT2D eigenvalue weighted by Crippen LogP contribution is -2.18. The SMILES string of the molecule is CC(C)(C)c1cc(-c2ccccc2)nc(C(C)(C)C)c1. The van der Waals surface area contributed by atoms with E-state index in [1.54, 1.807) is 0 Å². The number of benzene rings is 1. The van der Waals surface area contributed by atoms with Crippen LogP contribution in [0.3, 0.4) is 0 Å². The average molecular weight is 267 g/mol. The Morgan fingerprint density at radius 1 is 0.750 bits per heavy atom. The summed E-state index contributed by atoms with van der Waals surface area (Å²) in [6.45, 7) is 13.4. The smallest absolute Gasteiger partial charge is 0.0708 e. The van der Waals surface area contributed by atoms with Crippen LogP contribution in [0.1, 0.15) is 52.8 Å². The molecule has 0 saturated carbocycles. The molecule has 0 fully saturated rings. The summed E-state index contributed by atoms with van der Waals surface area (Å²) in [5.74, 6) is 0. The van der Waals surface area contributed by atoms with E-state index in [-0.39, 0.29) is 10.8 Å². The third-order valence-electron chi connectivity index (χ3n) is 3.53. The van der Waals surface area contributed by atoms with E-state index in [0.717, 1.165) is 11.4 Å². The lowest BCUT2D eigenvalue weighted by molar-refractivity contribution is 0.553. The van der Waals surface area contributed by atoms with Gasteiger partial charge >= 0.3 is 0 Å². The van der Waals surface area contributed by atoms with E-state index in [9.17, 15) is 0 Å². The highest BCUT2D eigenvalue weighted by molar-refractivity contribution is 5.60.